The van der Waals surface area contributed by atoms with Crippen LogP contribution in [-0.4, -0.2) is 39.2 Å². The van der Waals surface area contributed by atoms with Crippen LogP contribution in [0.15, 0.2) is 65.5 Å². The second kappa shape index (κ2) is 9.03. The predicted molar refractivity (Wildman–Crippen MR) is 112 cm³/mol. The second-order valence-corrected chi connectivity index (χ2v) is 7.42. The van der Waals surface area contributed by atoms with E-state index < -0.39 is 0 Å². The van der Waals surface area contributed by atoms with E-state index in [-0.39, 0.29) is 18.3 Å². The number of aliphatic hydroxyl groups is 1. The van der Waals surface area contributed by atoms with Gasteiger partial charge >= 0.3 is 0 Å². The molecule has 1 aromatic heterocycles. The summed E-state index contributed by atoms with van der Waals surface area (Å²) < 4.78 is 5.71. The summed E-state index contributed by atoms with van der Waals surface area (Å²) in [6, 6.07) is 19.0. The molecule has 0 bridgehead atoms. The Morgan fingerprint density at radius 1 is 1.14 bits per heavy atom. The molecular formula is C23H25N3O3. The van der Waals surface area contributed by atoms with Crippen LogP contribution in [0.25, 0.3) is 11.4 Å². The number of likely N-dealkylation sites (tertiary alicyclic amines) is 1. The summed E-state index contributed by atoms with van der Waals surface area (Å²) in [5.41, 5.74) is 2.41. The number of rotatable bonds is 6. The molecule has 1 saturated heterocycles. The number of nitrogens with one attached hydrogen (secondary N) is 1. The molecule has 0 spiro atoms. The van der Waals surface area contributed by atoms with Crippen molar-refractivity contribution < 1.29 is 9.84 Å². The predicted octanol–water partition coefficient (Wildman–Crippen LogP) is 2.97. The van der Waals surface area contributed by atoms with Crippen molar-refractivity contribution in [2.75, 3.05) is 13.1 Å². The summed E-state index contributed by atoms with van der Waals surface area (Å²) in [4.78, 5) is 21.7. The first-order chi connectivity index (χ1) is 14.2. The summed E-state index contributed by atoms with van der Waals surface area (Å²) in [7, 11) is 0. The van der Waals surface area contributed by atoms with Crippen molar-refractivity contribution in [3.8, 4) is 17.1 Å². The molecule has 0 amide bonds. The van der Waals surface area contributed by atoms with Crippen LogP contribution in [-0.2, 0) is 13.2 Å². The van der Waals surface area contributed by atoms with Crippen molar-refractivity contribution in [3.05, 3.63) is 82.3 Å². The fourth-order valence-corrected chi connectivity index (χ4v) is 3.59. The van der Waals surface area contributed by atoms with Gasteiger partial charge in [-0.1, -0.05) is 42.5 Å². The Bertz CT molecular complexity index is 986. The molecule has 2 heterocycles. The number of aromatic amines is 1. The molecular weight excluding hydrogens is 366 g/mol. The van der Waals surface area contributed by atoms with Gasteiger partial charge in [0.25, 0.3) is 5.56 Å². The van der Waals surface area contributed by atoms with Gasteiger partial charge in [0, 0.05) is 24.7 Å². The lowest BCUT2D eigenvalue weighted by Crippen LogP contribution is -2.37. The zero-order valence-electron chi connectivity index (χ0n) is 16.3. The second-order valence-electron chi connectivity index (χ2n) is 7.42. The molecule has 1 unspecified atom stereocenters. The van der Waals surface area contributed by atoms with E-state index in [1.165, 1.54) is 11.6 Å². The number of nitrogens with zero attached hydrogens (tertiary/aromatic N) is 2. The Labute approximate surface area is 169 Å². The first kappa shape index (κ1) is 19.4. The van der Waals surface area contributed by atoms with Crippen LogP contribution in [0.4, 0.5) is 0 Å². The molecule has 29 heavy (non-hydrogen) atoms. The van der Waals surface area contributed by atoms with Crippen LogP contribution in [0.2, 0.25) is 0 Å². The van der Waals surface area contributed by atoms with Gasteiger partial charge in [-0.05, 0) is 37.1 Å². The van der Waals surface area contributed by atoms with Gasteiger partial charge in [-0.3, -0.25) is 9.69 Å². The third-order valence-corrected chi connectivity index (χ3v) is 5.04. The highest BCUT2D eigenvalue weighted by atomic mass is 16.5. The lowest BCUT2D eigenvalue weighted by Gasteiger charge is -2.29. The summed E-state index contributed by atoms with van der Waals surface area (Å²) >= 11 is 0. The van der Waals surface area contributed by atoms with Crippen molar-refractivity contribution >= 4 is 0 Å². The molecule has 2 N–H and O–H groups in total. The molecule has 0 aliphatic carbocycles. The van der Waals surface area contributed by atoms with Gasteiger partial charge < -0.3 is 14.8 Å². The Kier molecular flexibility index (Phi) is 6.03. The fraction of sp³-hybridized carbons (Fsp3) is 0.304. The maximum absolute atomic E-state index is 12.1. The smallest absolute Gasteiger partial charge is 0.251 e. The van der Waals surface area contributed by atoms with Crippen LogP contribution in [0.1, 0.15) is 24.1 Å². The molecule has 6 nitrogen and oxygen atoms in total. The van der Waals surface area contributed by atoms with E-state index in [0.29, 0.717) is 11.5 Å². The molecule has 1 aliphatic heterocycles. The number of piperidine rings is 1. The molecule has 1 atom stereocenters. The van der Waals surface area contributed by atoms with Gasteiger partial charge in [0.2, 0.25) is 0 Å². The van der Waals surface area contributed by atoms with Crippen molar-refractivity contribution in [1.82, 2.24) is 14.9 Å². The third kappa shape index (κ3) is 5.31. The van der Waals surface area contributed by atoms with Crippen molar-refractivity contribution in [2.45, 2.75) is 32.1 Å². The quantitative estimate of drug-likeness (QED) is 0.675. The molecule has 2 aromatic carbocycles. The van der Waals surface area contributed by atoms with E-state index in [1.54, 1.807) is 0 Å². The Morgan fingerprint density at radius 3 is 2.69 bits per heavy atom. The maximum Gasteiger partial charge on any atom is 0.251 e. The maximum atomic E-state index is 12.1. The number of β-amino-alcohol motifs (C(OH)–C–C–N with tert-alkyl or cyclic N) is 1. The lowest BCUT2D eigenvalue weighted by atomic mass is 10.1. The number of ether oxygens (including phenoxy) is 1. The van der Waals surface area contributed by atoms with Crippen LogP contribution >= 0.6 is 0 Å². The number of aromatic nitrogens is 2. The number of para-hydroxylation sites is 1. The van der Waals surface area contributed by atoms with Gasteiger partial charge in [0.15, 0.2) is 0 Å². The third-order valence-electron chi connectivity index (χ3n) is 5.04. The van der Waals surface area contributed by atoms with Gasteiger partial charge in [-0.15, -0.1) is 0 Å². The van der Waals surface area contributed by atoms with Gasteiger partial charge in [0.1, 0.15) is 18.2 Å². The van der Waals surface area contributed by atoms with Crippen LogP contribution < -0.4 is 10.3 Å². The van der Waals surface area contributed by atoms with E-state index in [2.05, 4.69) is 14.9 Å². The minimum atomic E-state index is -0.224. The Balaban J connectivity index is 1.45. The molecule has 0 saturated carbocycles. The number of aliphatic hydroxyl groups excluding tert-OH is 1. The van der Waals surface area contributed by atoms with E-state index in [9.17, 15) is 9.90 Å². The Hall–Kier alpha value is -2.96. The van der Waals surface area contributed by atoms with Crippen LogP contribution in [0.3, 0.4) is 0 Å². The Morgan fingerprint density at radius 2 is 1.93 bits per heavy atom. The highest BCUT2D eigenvalue weighted by molar-refractivity contribution is 5.55. The zero-order valence-corrected chi connectivity index (χ0v) is 16.3. The fourth-order valence-electron chi connectivity index (χ4n) is 3.59. The average molecular weight is 391 g/mol. The monoisotopic (exact) mass is 391 g/mol. The minimum Gasteiger partial charge on any atom is -0.487 e. The van der Waals surface area contributed by atoms with Crippen LogP contribution in [0.5, 0.6) is 5.75 Å². The average Bonchev–Trinajstić information content (AvgIpc) is 2.73. The largest absolute Gasteiger partial charge is 0.487 e. The SMILES string of the molecule is O=c1cc(COc2ccccc2)nc(-c2ccc(CN3CCCC(O)C3)cc2)[nH]1. The molecule has 150 valence electrons. The normalized spacial score (nSPS) is 17.2. The standard InChI is InChI=1S/C23H25N3O3/c27-20-5-4-12-26(15-20)14-17-8-10-18(11-9-17)23-24-19(13-22(28)25-23)16-29-21-6-2-1-3-7-21/h1-3,6-11,13,20,27H,4-5,12,14-16H2,(H,24,25,28). The highest BCUT2D eigenvalue weighted by Gasteiger charge is 2.17. The van der Waals surface area contributed by atoms with E-state index in [0.717, 1.165) is 43.8 Å². The zero-order chi connectivity index (χ0) is 20.1. The first-order valence-electron chi connectivity index (χ1n) is 9.93. The lowest BCUT2D eigenvalue weighted by molar-refractivity contribution is 0.0668. The molecule has 1 fully saturated rings. The summed E-state index contributed by atoms with van der Waals surface area (Å²) in [6.45, 7) is 2.78. The van der Waals surface area contributed by atoms with Crippen LogP contribution in [0, 0.1) is 0 Å². The molecule has 0 radical (unpaired) electrons. The van der Waals surface area contributed by atoms with E-state index in [4.69, 9.17) is 4.74 Å². The van der Waals surface area contributed by atoms with Gasteiger partial charge in [-0.2, -0.15) is 0 Å². The van der Waals surface area contributed by atoms with E-state index >= 15 is 0 Å². The van der Waals surface area contributed by atoms with Gasteiger partial charge in [-0.25, -0.2) is 4.98 Å². The molecule has 1 aliphatic rings. The van der Waals surface area contributed by atoms with Crippen molar-refractivity contribution in [2.24, 2.45) is 0 Å². The molecule has 4 rings (SSSR count). The molecule has 3 aromatic rings. The molecule has 6 heteroatoms. The number of H-pyrrole nitrogens is 1. The summed E-state index contributed by atoms with van der Waals surface area (Å²) in [6.07, 6.45) is 1.69. The topological polar surface area (TPSA) is 78.4 Å². The summed E-state index contributed by atoms with van der Waals surface area (Å²) in [5.74, 6) is 1.27. The number of hydrogen-bond donors (Lipinski definition) is 2. The minimum absolute atomic E-state index is 0.201. The van der Waals surface area contributed by atoms with E-state index in [1.807, 2.05) is 54.6 Å². The van der Waals surface area contributed by atoms with Crippen molar-refractivity contribution in [3.63, 3.8) is 0 Å². The highest BCUT2D eigenvalue weighted by Crippen LogP contribution is 2.18. The number of hydrogen-bond acceptors (Lipinski definition) is 5. The van der Waals surface area contributed by atoms with Gasteiger partial charge in [0.05, 0.1) is 11.8 Å². The summed E-state index contributed by atoms with van der Waals surface area (Å²) in [5, 5.41) is 9.82. The first-order valence-corrected chi connectivity index (χ1v) is 9.93. The van der Waals surface area contributed by atoms with Crippen molar-refractivity contribution in [1.29, 1.82) is 0 Å². The number of benzene rings is 2.